The molecule has 2 N–H and O–H groups in total. The van der Waals surface area contributed by atoms with Gasteiger partial charge in [0.2, 0.25) is 6.41 Å². The maximum Gasteiger partial charge on any atom is 0.207 e. The van der Waals surface area contributed by atoms with Crippen LogP contribution in [-0.2, 0) is 35.4 Å². The van der Waals surface area contributed by atoms with E-state index in [1.54, 1.807) is 14.2 Å². The van der Waals surface area contributed by atoms with E-state index in [-0.39, 0.29) is 6.04 Å². The summed E-state index contributed by atoms with van der Waals surface area (Å²) in [6.07, 6.45) is 6.42. The number of fused-ring (bicyclic) bond motifs is 1. The number of aromatic nitrogens is 1. The number of H-pyrrole nitrogens is 1. The van der Waals surface area contributed by atoms with Gasteiger partial charge in [0.1, 0.15) is 5.75 Å². The molecule has 0 fully saturated rings. The zero-order chi connectivity index (χ0) is 21.5. The van der Waals surface area contributed by atoms with Crippen molar-refractivity contribution in [2.75, 3.05) is 14.2 Å². The Hall–Kier alpha value is -2.79. The molecule has 3 rings (SSSR count). The molecule has 1 heterocycles. The molecule has 1 amide bonds. The summed E-state index contributed by atoms with van der Waals surface area (Å²) in [4.78, 5) is 14.8. The van der Waals surface area contributed by atoms with Crippen LogP contribution in [0, 0.1) is 0 Å². The summed E-state index contributed by atoms with van der Waals surface area (Å²) in [5.74, 6) is 0.846. The van der Waals surface area contributed by atoms with Crippen LogP contribution in [0.3, 0.4) is 0 Å². The normalized spacial score (nSPS) is 12.1. The molecule has 0 radical (unpaired) electrons. The van der Waals surface area contributed by atoms with Crippen LogP contribution in [0.1, 0.15) is 54.1 Å². The molecular formula is C25H32N2O3. The summed E-state index contributed by atoms with van der Waals surface area (Å²) < 4.78 is 10.8. The first kappa shape index (κ1) is 21.9. The Bertz CT molecular complexity index is 993. The average Bonchev–Trinajstić information content (AvgIpc) is 3.18. The Kier molecular flexibility index (Phi) is 7.52. The van der Waals surface area contributed by atoms with Crippen molar-refractivity contribution in [2.24, 2.45) is 0 Å². The smallest absolute Gasteiger partial charge is 0.207 e. The second-order valence-corrected chi connectivity index (χ2v) is 7.56. The molecule has 0 spiro atoms. The van der Waals surface area contributed by atoms with E-state index in [9.17, 15) is 4.79 Å². The zero-order valence-electron chi connectivity index (χ0n) is 18.4. The monoisotopic (exact) mass is 408 g/mol. The Morgan fingerprint density at radius 1 is 1.03 bits per heavy atom. The number of rotatable bonds is 11. The lowest BCUT2D eigenvalue weighted by Crippen LogP contribution is -2.22. The van der Waals surface area contributed by atoms with E-state index < -0.39 is 0 Å². The van der Waals surface area contributed by atoms with Gasteiger partial charge in [-0.25, -0.2) is 0 Å². The SMILES string of the molecule is CCc1cc(CC)c(C(CCc2c[nH]c3ccc(OC)cc23)NC=O)cc1COC. The molecule has 160 valence electrons. The molecule has 0 bridgehead atoms. The molecule has 0 aliphatic rings. The van der Waals surface area contributed by atoms with E-state index in [4.69, 9.17) is 9.47 Å². The maximum atomic E-state index is 11.4. The minimum Gasteiger partial charge on any atom is -0.497 e. The highest BCUT2D eigenvalue weighted by Gasteiger charge is 2.18. The Morgan fingerprint density at radius 3 is 2.50 bits per heavy atom. The van der Waals surface area contributed by atoms with Crippen molar-refractivity contribution < 1.29 is 14.3 Å². The summed E-state index contributed by atoms with van der Waals surface area (Å²) >= 11 is 0. The van der Waals surface area contributed by atoms with Crippen LogP contribution < -0.4 is 10.1 Å². The van der Waals surface area contributed by atoms with Crippen molar-refractivity contribution >= 4 is 17.3 Å². The fourth-order valence-corrected chi connectivity index (χ4v) is 4.21. The van der Waals surface area contributed by atoms with Gasteiger partial charge in [0.05, 0.1) is 19.8 Å². The van der Waals surface area contributed by atoms with Gasteiger partial charge in [0, 0.05) is 24.2 Å². The predicted molar refractivity (Wildman–Crippen MR) is 121 cm³/mol. The molecule has 0 saturated heterocycles. The summed E-state index contributed by atoms with van der Waals surface area (Å²) in [5, 5.41) is 4.22. The van der Waals surface area contributed by atoms with E-state index in [0.29, 0.717) is 6.61 Å². The van der Waals surface area contributed by atoms with Crippen molar-refractivity contribution in [1.29, 1.82) is 0 Å². The Morgan fingerprint density at radius 2 is 1.83 bits per heavy atom. The van der Waals surface area contributed by atoms with Gasteiger partial charge < -0.3 is 19.8 Å². The highest BCUT2D eigenvalue weighted by Crippen LogP contribution is 2.30. The number of aromatic amines is 1. The van der Waals surface area contributed by atoms with Crippen LogP contribution in [0.15, 0.2) is 36.5 Å². The number of benzene rings is 2. The first-order valence-electron chi connectivity index (χ1n) is 10.6. The van der Waals surface area contributed by atoms with E-state index >= 15 is 0 Å². The third-order valence-electron chi connectivity index (χ3n) is 5.84. The Labute approximate surface area is 178 Å². The zero-order valence-corrected chi connectivity index (χ0v) is 18.4. The molecule has 5 nitrogen and oxygen atoms in total. The van der Waals surface area contributed by atoms with E-state index in [1.807, 2.05) is 12.1 Å². The van der Waals surface area contributed by atoms with Crippen LogP contribution in [0.5, 0.6) is 5.75 Å². The van der Waals surface area contributed by atoms with Crippen molar-refractivity contribution in [3.63, 3.8) is 0 Å². The molecule has 3 aromatic rings. The standard InChI is InChI=1S/C25H32N2O3/c1-5-17-11-18(6-2)22(12-20(17)15-29-3)25(27-16-28)9-7-19-14-26-24-10-8-21(30-4)13-23(19)24/h8,10-14,16,25-26H,5-7,9,15H2,1-4H3,(H,27,28). The topological polar surface area (TPSA) is 63.3 Å². The number of carbonyl (C=O) groups excluding carboxylic acids is 1. The molecule has 0 saturated carbocycles. The van der Waals surface area contributed by atoms with E-state index in [1.165, 1.54) is 27.8 Å². The summed E-state index contributed by atoms with van der Waals surface area (Å²) in [6, 6.07) is 10.5. The van der Waals surface area contributed by atoms with Gasteiger partial charge in [-0.2, -0.15) is 0 Å². The fourth-order valence-electron chi connectivity index (χ4n) is 4.21. The number of aryl methyl sites for hydroxylation is 3. The van der Waals surface area contributed by atoms with Crippen LogP contribution >= 0.6 is 0 Å². The lowest BCUT2D eigenvalue weighted by Gasteiger charge is -2.22. The molecule has 1 unspecified atom stereocenters. The third kappa shape index (κ3) is 4.68. The quantitative estimate of drug-likeness (QED) is 0.445. The number of hydrogen-bond donors (Lipinski definition) is 2. The van der Waals surface area contributed by atoms with Crippen LogP contribution in [-0.4, -0.2) is 25.6 Å². The number of methoxy groups -OCH3 is 2. The number of nitrogens with one attached hydrogen (secondary N) is 2. The fraction of sp³-hybridized carbons (Fsp3) is 0.400. The lowest BCUT2D eigenvalue weighted by molar-refractivity contribution is -0.110. The molecular weight excluding hydrogens is 376 g/mol. The summed E-state index contributed by atoms with van der Waals surface area (Å²) in [5.41, 5.74) is 7.29. The highest BCUT2D eigenvalue weighted by atomic mass is 16.5. The lowest BCUT2D eigenvalue weighted by atomic mass is 9.89. The maximum absolute atomic E-state index is 11.4. The molecule has 1 aromatic heterocycles. The van der Waals surface area contributed by atoms with Gasteiger partial charge in [-0.15, -0.1) is 0 Å². The minimum atomic E-state index is -0.0467. The molecule has 0 aliphatic heterocycles. The van der Waals surface area contributed by atoms with Crippen LogP contribution in [0.2, 0.25) is 0 Å². The Balaban J connectivity index is 1.91. The van der Waals surface area contributed by atoms with Gasteiger partial charge in [0.25, 0.3) is 0 Å². The van der Waals surface area contributed by atoms with Crippen molar-refractivity contribution in [1.82, 2.24) is 10.3 Å². The summed E-state index contributed by atoms with van der Waals surface area (Å²) in [7, 11) is 3.40. The molecule has 5 heteroatoms. The second kappa shape index (κ2) is 10.3. The first-order valence-corrected chi connectivity index (χ1v) is 10.6. The number of hydrogen-bond acceptors (Lipinski definition) is 3. The van der Waals surface area contributed by atoms with Gasteiger partial charge in [0.15, 0.2) is 0 Å². The van der Waals surface area contributed by atoms with Gasteiger partial charge >= 0.3 is 0 Å². The number of carbonyl (C=O) groups is 1. The molecule has 1 atom stereocenters. The van der Waals surface area contributed by atoms with Crippen molar-refractivity contribution in [3.05, 3.63) is 64.3 Å². The first-order chi connectivity index (χ1) is 14.6. The van der Waals surface area contributed by atoms with Gasteiger partial charge in [-0.1, -0.05) is 26.0 Å². The van der Waals surface area contributed by atoms with E-state index in [2.05, 4.69) is 48.5 Å². The van der Waals surface area contributed by atoms with Crippen molar-refractivity contribution in [3.8, 4) is 5.75 Å². The number of amides is 1. The molecule has 2 aromatic carbocycles. The third-order valence-corrected chi connectivity index (χ3v) is 5.84. The van der Waals surface area contributed by atoms with Crippen LogP contribution in [0.4, 0.5) is 0 Å². The number of ether oxygens (including phenoxy) is 2. The van der Waals surface area contributed by atoms with Gasteiger partial charge in [-0.05, 0) is 71.7 Å². The second-order valence-electron chi connectivity index (χ2n) is 7.56. The van der Waals surface area contributed by atoms with Gasteiger partial charge in [-0.3, -0.25) is 4.79 Å². The average molecular weight is 409 g/mol. The highest BCUT2D eigenvalue weighted by molar-refractivity contribution is 5.84. The van der Waals surface area contributed by atoms with E-state index in [0.717, 1.165) is 48.7 Å². The molecule has 0 aliphatic carbocycles. The van der Waals surface area contributed by atoms with Crippen LogP contribution in [0.25, 0.3) is 10.9 Å². The largest absolute Gasteiger partial charge is 0.497 e. The van der Waals surface area contributed by atoms with Crippen molar-refractivity contribution in [2.45, 2.75) is 52.2 Å². The summed E-state index contributed by atoms with van der Waals surface area (Å²) in [6.45, 7) is 4.91. The minimum absolute atomic E-state index is 0.0467. The predicted octanol–water partition coefficient (Wildman–Crippen LogP) is 4.87. The molecule has 30 heavy (non-hydrogen) atoms.